The molecular formula is C14H18N2O5. The number of rotatable bonds is 2. The highest BCUT2D eigenvalue weighted by Gasteiger charge is 2.16. The van der Waals surface area contributed by atoms with Crippen molar-refractivity contribution < 1.29 is 19.4 Å². The summed E-state index contributed by atoms with van der Waals surface area (Å²) < 4.78 is 4.99. The molecule has 0 fully saturated rings. The van der Waals surface area contributed by atoms with Gasteiger partial charge in [-0.1, -0.05) is 0 Å². The van der Waals surface area contributed by atoms with E-state index in [0.717, 1.165) is 10.9 Å². The highest BCUT2D eigenvalue weighted by Crippen LogP contribution is 2.18. The van der Waals surface area contributed by atoms with Gasteiger partial charge in [0.1, 0.15) is 11.6 Å². The highest BCUT2D eigenvalue weighted by molar-refractivity contribution is 5.82. The summed E-state index contributed by atoms with van der Waals surface area (Å²) in [6.45, 7) is 3.20. The summed E-state index contributed by atoms with van der Waals surface area (Å²) in [5.74, 6) is -1.18. The first kappa shape index (κ1) is 16.7. The Morgan fingerprint density at radius 2 is 1.95 bits per heavy atom. The van der Waals surface area contributed by atoms with E-state index in [1.165, 1.54) is 13.0 Å². The van der Waals surface area contributed by atoms with Gasteiger partial charge in [0.2, 0.25) is 0 Å². The fourth-order valence-electron chi connectivity index (χ4n) is 1.55. The van der Waals surface area contributed by atoms with E-state index in [1.54, 1.807) is 12.1 Å². The number of aryl methyl sites for hydroxylation is 1. The van der Waals surface area contributed by atoms with Gasteiger partial charge in [0.15, 0.2) is 0 Å². The Kier molecular flexibility index (Phi) is 5.45. The number of carboxylic acid groups (broad SMARTS) is 1. The summed E-state index contributed by atoms with van der Waals surface area (Å²) in [5.41, 5.74) is 12.2. The molecule has 0 aliphatic carbocycles. The monoisotopic (exact) mass is 294 g/mol. The van der Waals surface area contributed by atoms with Crippen molar-refractivity contribution in [2.24, 2.45) is 5.73 Å². The molecule has 0 aliphatic heterocycles. The number of carboxylic acids is 1. The summed E-state index contributed by atoms with van der Waals surface area (Å²) >= 11 is 0. The topological polar surface area (TPSA) is 140 Å². The third-order valence-electron chi connectivity index (χ3n) is 2.78. The lowest BCUT2D eigenvalue weighted by Crippen LogP contribution is -2.39. The number of hydrogen-bond acceptors (Lipinski definition) is 6. The van der Waals surface area contributed by atoms with Gasteiger partial charge in [-0.15, -0.1) is 0 Å². The SMILES string of the molecule is CC(O)C(N)C(=O)O.Cc1cc(=O)oc2cc(N)ccc12. The van der Waals surface area contributed by atoms with E-state index in [4.69, 9.17) is 26.1 Å². The summed E-state index contributed by atoms with van der Waals surface area (Å²) in [6, 6.07) is 5.61. The number of aliphatic carboxylic acids is 1. The Balaban J connectivity index is 0.000000240. The Morgan fingerprint density at radius 1 is 1.33 bits per heavy atom. The van der Waals surface area contributed by atoms with E-state index >= 15 is 0 Å². The quantitative estimate of drug-likeness (QED) is 0.466. The molecule has 0 amide bonds. The molecule has 0 bridgehead atoms. The van der Waals surface area contributed by atoms with Crippen LogP contribution in [0.25, 0.3) is 11.0 Å². The largest absolute Gasteiger partial charge is 0.480 e. The van der Waals surface area contributed by atoms with Gasteiger partial charge in [0, 0.05) is 23.2 Å². The Labute approximate surface area is 120 Å². The van der Waals surface area contributed by atoms with Crippen molar-refractivity contribution >= 4 is 22.6 Å². The molecule has 7 nitrogen and oxygen atoms in total. The predicted octanol–water partition coefficient (Wildman–Crippen LogP) is 0.463. The fraction of sp³-hybridized carbons (Fsp3) is 0.286. The lowest BCUT2D eigenvalue weighted by atomic mass is 10.1. The van der Waals surface area contributed by atoms with Crippen molar-refractivity contribution in [3.63, 3.8) is 0 Å². The second kappa shape index (κ2) is 6.87. The van der Waals surface area contributed by atoms with Crippen LogP contribution in [0.3, 0.4) is 0 Å². The van der Waals surface area contributed by atoms with Crippen LogP contribution in [0.4, 0.5) is 5.69 Å². The van der Waals surface area contributed by atoms with Crippen LogP contribution in [0, 0.1) is 6.92 Å². The number of fused-ring (bicyclic) bond motifs is 1. The van der Waals surface area contributed by atoms with Gasteiger partial charge in [-0.05, 0) is 31.5 Å². The minimum absolute atomic E-state index is 0.337. The Bertz CT molecular complexity index is 693. The van der Waals surface area contributed by atoms with Crippen LogP contribution in [0.1, 0.15) is 12.5 Å². The summed E-state index contributed by atoms with van der Waals surface area (Å²) in [5, 5.41) is 17.5. The second-order valence-electron chi connectivity index (χ2n) is 4.61. The van der Waals surface area contributed by atoms with E-state index in [2.05, 4.69) is 0 Å². The summed E-state index contributed by atoms with van der Waals surface area (Å²) in [7, 11) is 0. The van der Waals surface area contributed by atoms with Crippen molar-refractivity contribution in [2.75, 3.05) is 5.73 Å². The third kappa shape index (κ3) is 4.59. The van der Waals surface area contributed by atoms with Gasteiger partial charge < -0.3 is 26.1 Å². The maximum absolute atomic E-state index is 11.0. The molecule has 6 N–H and O–H groups in total. The molecule has 7 heteroatoms. The van der Waals surface area contributed by atoms with Gasteiger partial charge in [-0.3, -0.25) is 4.79 Å². The molecule has 1 heterocycles. The number of anilines is 1. The van der Waals surface area contributed by atoms with Crippen LogP contribution in [-0.2, 0) is 4.79 Å². The number of aliphatic hydroxyl groups is 1. The van der Waals surface area contributed by atoms with E-state index in [1.807, 2.05) is 13.0 Å². The van der Waals surface area contributed by atoms with Crippen LogP contribution in [0.15, 0.2) is 33.5 Å². The normalized spacial score (nSPS) is 13.1. The van der Waals surface area contributed by atoms with Crippen LogP contribution < -0.4 is 17.1 Å². The predicted molar refractivity (Wildman–Crippen MR) is 78.9 cm³/mol. The maximum Gasteiger partial charge on any atom is 0.336 e. The highest BCUT2D eigenvalue weighted by atomic mass is 16.4. The Hall–Kier alpha value is -2.38. The molecule has 1 aromatic heterocycles. The molecule has 114 valence electrons. The molecule has 2 aromatic rings. The van der Waals surface area contributed by atoms with Crippen molar-refractivity contribution in [1.29, 1.82) is 0 Å². The summed E-state index contributed by atoms with van der Waals surface area (Å²) in [4.78, 5) is 20.9. The van der Waals surface area contributed by atoms with Crippen LogP contribution in [0.2, 0.25) is 0 Å². The number of hydrogen-bond donors (Lipinski definition) is 4. The molecule has 2 atom stereocenters. The zero-order valence-electron chi connectivity index (χ0n) is 11.7. The molecule has 0 spiro atoms. The second-order valence-corrected chi connectivity index (χ2v) is 4.61. The van der Waals surface area contributed by atoms with Crippen molar-refractivity contribution in [3.05, 3.63) is 40.2 Å². The standard InChI is InChI=1S/C10H9NO2.C4H9NO3/c1-6-4-10(12)13-9-5-7(11)2-3-8(6)9;1-2(6)3(5)4(7)8/h2-5H,11H2,1H3;2-3,6H,5H2,1H3,(H,7,8). The van der Waals surface area contributed by atoms with E-state index < -0.39 is 18.1 Å². The zero-order valence-corrected chi connectivity index (χ0v) is 11.7. The molecule has 1 aromatic carbocycles. The molecule has 0 saturated heterocycles. The molecule has 0 saturated carbocycles. The van der Waals surface area contributed by atoms with E-state index in [-0.39, 0.29) is 5.63 Å². The molecule has 2 unspecified atom stereocenters. The van der Waals surface area contributed by atoms with Crippen molar-refractivity contribution in [2.45, 2.75) is 26.0 Å². The molecule has 21 heavy (non-hydrogen) atoms. The fourth-order valence-corrected chi connectivity index (χ4v) is 1.55. The Morgan fingerprint density at radius 3 is 2.43 bits per heavy atom. The third-order valence-corrected chi connectivity index (χ3v) is 2.78. The minimum Gasteiger partial charge on any atom is -0.480 e. The number of carbonyl (C=O) groups is 1. The van der Waals surface area contributed by atoms with Gasteiger partial charge in [0.25, 0.3) is 0 Å². The maximum atomic E-state index is 11.0. The van der Waals surface area contributed by atoms with Gasteiger partial charge in [-0.25, -0.2) is 4.79 Å². The average Bonchev–Trinajstić information content (AvgIpc) is 2.37. The zero-order chi connectivity index (χ0) is 16.2. The lowest BCUT2D eigenvalue weighted by molar-refractivity contribution is -0.140. The van der Waals surface area contributed by atoms with Crippen LogP contribution >= 0.6 is 0 Å². The smallest absolute Gasteiger partial charge is 0.336 e. The molecule has 0 radical (unpaired) electrons. The van der Waals surface area contributed by atoms with Crippen molar-refractivity contribution in [1.82, 2.24) is 0 Å². The van der Waals surface area contributed by atoms with Crippen molar-refractivity contribution in [3.8, 4) is 0 Å². The van der Waals surface area contributed by atoms with Gasteiger partial charge >= 0.3 is 11.6 Å². The number of nitrogen functional groups attached to an aromatic ring is 1. The molecular weight excluding hydrogens is 276 g/mol. The van der Waals surface area contributed by atoms with E-state index in [9.17, 15) is 9.59 Å². The lowest BCUT2D eigenvalue weighted by Gasteiger charge is -2.06. The van der Waals surface area contributed by atoms with E-state index in [0.29, 0.717) is 11.3 Å². The number of aliphatic hydroxyl groups excluding tert-OH is 1. The summed E-state index contributed by atoms with van der Waals surface area (Å²) in [6.07, 6.45) is -0.979. The molecule has 0 aliphatic rings. The number of nitrogens with two attached hydrogens (primary N) is 2. The first-order valence-electron chi connectivity index (χ1n) is 6.19. The van der Waals surface area contributed by atoms with Gasteiger partial charge in [0.05, 0.1) is 6.10 Å². The number of benzene rings is 1. The molecule has 2 rings (SSSR count). The minimum atomic E-state index is -1.18. The average molecular weight is 294 g/mol. The first-order valence-corrected chi connectivity index (χ1v) is 6.19. The van der Waals surface area contributed by atoms with Gasteiger partial charge in [-0.2, -0.15) is 0 Å². The van der Waals surface area contributed by atoms with Crippen LogP contribution in [0.5, 0.6) is 0 Å². The van der Waals surface area contributed by atoms with Crippen LogP contribution in [-0.4, -0.2) is 28.3 Å². The first-order chi connectivity index (χ1) is 9.72.